The van der Waals surface area contributed by atoms with Gasteiger partial charge in [0.2, 0.25) is 5.91 Å². The highest BCUT2D eigenvalue weighted by molar-refractivity contribution is 7.10. The molecular formula is C14H22N2OS. The summed E-state index contributed by atoms with van der Waals surface area (Å²) in [7, 11) is 0. The fourth-order valence-corrected chi connectivity index (χ4v) is 3.44. The zero-order chi connectivity index (χ0) is 13.1. The normalized spacial score (nSPS) is 27.4. The number of nitrogens with one attached hydrogen (secondary N) is 2. The SMILES string of the molecule is CC(=O)Nc1ccsc1CNC1CCC(C)C1C. The predicted octanol–water partition coefficient (Wildman–Crippen LogP) is 3.23. The molecule has 1 fully saturated rings. The maximum Gasteiger partial charge on any atom is 0.221 e. The van der Waals surface area contributed by atoms with Crippen LogP contribution in [0.25, 0.3) is 0 Å². The summed E-state index contributed by atoms with van der Waals surface area (Å²) in [6.45, 7) is 7.07. The minimum atomic E-state index is -0.00231. The average Bonchev–Trinajstić information content (AvgIpc) is 2.86. The van der Waals surface area contributed by atoms with E-state index in [9.17, 15) is 4.79 Å². The Hall–Kier alpha value is -0.870. The largest absolute Gasteiger partial charge is 0.325 e. The zero-order valence-corrected chi connectivity index (χ0v) is 12.1. The number of hydrogen-bond acceptors (Lipinski definition) is 3. The van der Waals surface area contributed by atoms with E-state index in [-0.39, 0.29) is 5.91 Å². The molecule has 2 N–H and O–H groups in total. The van der Waals surface area contributed by atoms with Crippen molar-refractivity contribution in [2.24, 2.45) is 11.8 Å². The Morgan fingerprint density at radius 2 is 2.22 bits per heavy atom. The molecule has 1 aromatic rings. The Labute approximate surface area is 113 Å². The average molecular weight is 266 g/mol. The van der Waals surface area contributed by atoms with Gasteiger partial charge >= 0.3 is 0 Å². The van der Waals surface area contributed by atoms with E-state index in [1.807, 2.05) is 11.4 Å². The Balaban J connectivity index is 1.90. The van der Waals surface area contributed by atoms with Crippen molar-refractivity contribution in [1.82, 2.24) is 5.32 Å². The van der Waals surface area contributed by atoms with E-state index in [0.717, 1.165) is 24.1 Å². The highest BCUT2D eigenvalue weighted by Crippen LogP contribution is 2.32. The van der Waals surface area contributed by atoms with E-state index in [1.54, 1.807) is 18.3 Å². The van der Waals surface area contributed by atoms with Gasteiger partial charge in [0, 0.05) is 24.4 Å². The number of amides is 1. The second-order valence-corrected chi connectivity index (χ2v) is 6.34. The van der Waals surface area contributed by atoms with Crippen molar-refractivity contribution in [3.63, 3.8) is 0 Å². The van der Waals surface area contributed by atoms with Crippen molar-refractivity contribution in [2.75, 3.05) is 5.32 Å². The first-order valence-electron chi connectivity index (χ1n) is 6.65. The second kappa shape index (κ2) is 5.85. The summed E-state index contributed by atoms with van der Waals surface area (Å²) in [6, 6.07) is 2.59. The van der Waals surface area contributed by atoms with Gasteiger partial charge in [0.15, 0.2) is 0 Å². The molecule has 1 aliphatic carbocycles. The molecule has 1 aliphatic rings. The van der Waals surface area contributed by atoms with E-state index in [0.29, 0.717) is 6.04 Å². The van der Waals surface area contributed by atoms with Crippen LogP contribution in [-0.4, -0.2) is 11.9 Å². The fourth-order valence-electron chi connectivity index (χ4n) is 2.66. The van der Waals surface area contributed by atoms with Crippen LogP contribution in [0.4, 0.5) is 5.69 Å². The fraction of sp³-hybridized carbons (Fsp3) is 0.643. The molecule has 0 radical (unpaired) electrons. The van der Waals surface area contributed by atoms with Crippen LogP contribution < -0.4 is 10.6 Å². The molecule has 4 heteroatoms. The molecule has 1 heterocycles. The molecule has 3 atom stereocenters. The van der Waals surface area contributed by atoms with Crippen molar-refractivity contribution in [1.29, 1.82) is 0 Å². The molecule has 3 nitrogen and oxygen atoms in total. The lowest BCUT2D eigenvalue weighted by molar-refractivity contribution is -0.114. The van der Waals surface area contributed by atoms with E-state index in [2.05, 4.69) is 24.5 Å². The highest BCUT2D eigenvalue weighted by atomic mass is 32.1. The minimum Gasteiger partial charge on any atom is -0.325 e. The lowest BCUT2D eigenvalue weighted by Crippen LogP contribution is -2.31. The third-order valence-corrected chi connectivity index (χ3v) is 4.97. The molecule has 0 saturated heterocycles. The molecule has 0 spiro atoms. The van der Waals surface area contributed by atoms with Gasteiger partial charge in [0.25, 0.3) is 0 Å². The van der Waals surface area contributed by atoms with E-state index >= 15 is 0 Å². The zero-order valence-electron chi connectivity index (χ0n) is 11.3. The van der Waals surface area contributed by atoms with Crippen LogP contribution in [0.3, 0.4) is 0 Å². The standard InChI is InChI=1S/C14H22N2OS/c1-9-4-5-12(10(9)2)15-8-14-13(6-7-18-14)16-11(3)17/h6-7,9-10,12,15H,4-5,8H2,1-3H3,(H,16,17). The molecule has 3 unspecified atom stereocenters. The van der Waals surface area contributed by atoms with Crippen LogP contribution in [0.5, 0.6) is 0 Å². The Morgan fingerprint density at radius 1 is 1.44 bits per heavy atom. The van der Waals surface area contributed by atoms with E-state index < -0.39 is 0 Å². The molecule has 18 heavy (non-hydrogen) atoms. The summed E-state index contributed by atoms with van der Waals surface area (Å²) in [5, 5.41) is 8.55. The molecule has 1 saturated carbocycles. The molecule has 1 aromatic heterocycles. The highest BCUT2D eigenvalue weighted by Gasteiger charge is 2.29. The molecular weight excluding hydrogens is 244 g/mol. The Bertz CT molecular complexity index is 416. The Morgan fingerprint density at radius 3 is 2.83 bits per heavy atom. The van der Waals surface area contributed by atoms with Gasteiger partial charge in [-0.1, -0.05) is 13.8 Å². The quantitative estimate of drug-likeness (QED) is 0.878. The molecule has 2 rings (SSSR count). The number of thiophene rings is 1. The maximum absolute atomic E-state index is 11.1. The number of anilines is 1. The van der Waals surface area contributed by atoms with Crippen molar-refractivity contribution >= 4 is 22.9 Å². The number of carbonyl (C=O) groups is 1. The van der Waals surface area contributed by atoms with Crippen LogP contribution in [0, 0.1) is 11.8 Å². The third-order valence-electron chi connectivity index (χ3n) is 4.05. The lowest BCUT2D eigenvalue weighted by atomic mass is 9.98. The lowest BCUT2D eigenvalue weighted by Gasteiger charge is -2.19. The summed E-state index contributed by atoms with van der Waals surface area (Å²) >= 11 is 1.70. The maximum atomic E-state index is 11.1. The summed E-state index contributed by atoms with van der Waals surface area (Å²) in [5.41, 5.74) is 0.957. The van der Waals surface area contributed by atoms with Crippen molar-refractivity contribution in [3.05, 3.63) is 16.3 Å². The second-order valence-electron chi connectivity index (χ2n) is 5.34. The summed E-state index contributed by atoms with van der Waals surface area (Å²) < 4.78 is 0. The topological polar surface area (TPSA) is 41.1 Å². The van der Waals surface area contributed by atoms with Gasteiger partial charge in [0.1, 0.15) is 0 Å². The first-order valence-corrected chi connectivity index (χ1v) is 7.53. The van der Waals surface area contributed by atoms with Gasteiger partial charge in [-0.2, -0.15) is 0 Å². The van der Waals surface area contributed by atoms with Crippen LogP contribution in [0.2, 0.25) is 0 Å². The minimum absolute atomic E-state index is 0.00231. The molecule has 0 bridgehead atoms. The van der Waals surface area contributed by atoms with Gasteiger partial charge in [0.05, 0.1) is 5.69 Å². The van der Waals surface area contributed by atoms with Gasteiger partial charge in [-0.05, 0) is 36.1 Å². The third kappa shape index (κ3) is 3.12. The van der Waals surface area contributed by atoms with Crippen LogP contribution in [0.15, 0.2) is 11.4 Å². The first-order chi connectivity index (χ1) is 8.58. The summed E-state index contributed by atoms with van der Waals surface area (Å²) in [5.74, 6) is 1.56. The Kier molecular flexibility index (Phi) is 4.40. The van der Waals surface area contributed by atoms with Gasteiger partial charge in [-0.3, -0.25) is 4.79 Å². The smallest absolute Gasteiger partial charge is 0.221 e. The number of hydrogen-bond donors (Lipinski definition) is 2. The van der Waals surface area contributed by atoms with Crippen molar-refractivity contribution < 1.29 is 4.79 Å². The molecule has 0 aliphatic heterocycles. The van der Waals surface area contributed by atoms with E-state index in [1.165, 1.54) is 17.7 Å². The van der Waals surface area contributed by atoms with E-state index in [4.69, 9.17) is 0 Å². The van der Waals surface area contributed by atoms with Gasteiger partial charge < -0.3 is 10.6 Å². The summed E-state index contributed by atoms with van der Waals surface area (Å²) in [6.07, 6.45) is 2.59. The first kappa shape index (κ1) is 13.6. The van der Waals surface area contributed by atoms with Crippen molar-refractivity contribution in [2.45, 2.75) is 46.2 Å². The molecule has 0 aromatic carbocycles. The number of rotatable bonds is 4. The predicted molar refractivity (Wildman–Crippen MR) is 76.8 cm³/mol. The van der Waals surface area contributed by atoms with Gasteiger partial charge in [-0.25, -0.2) is 0 Å². The summed E-state index contributed by atoms with van der Waals surface area (Å²) in [4.78, 5) is 12.3. The monoisotopic (exact) mass is 266 g/mol. The van der Waals surface area contributed by atoms with Crippen LogP contribution >= 0.6 is 11.3 Å². The molecule has 100 valence electrons. The number of carbonyl (C=O) groups excluding carboxylic acids is 1. The van der Waals surface area contributed by atoms with Crippen molar-refractivity contribution in [3.8, 4) is 0 Å². The van der Waals surface area contributed by atoms with Crippen LogP contribution in [-0.2, 0) is 11.3 Å². The van der Waals surface area contributed by atoms with Crippen LogP contribution in [0.1, 0.15) is 38.5 Å². The molecule has 1 amide bonds. The van der Waals surface area contributed by atoms with Gasteiger partial charge in [-0.15, -0.1) is 11.3 Å².